The third kappa shape index (κ3) is 4.58. The van der Waals surface area contributed by atoms with E-state index in [1.807, 2.05) is 0 Å². The molecular formula is C24H20ClF2NO4S. The Morgan fingerprint density at radius 3 is 2.45 bits per heavy atom. The maximum atomic E-state index is 14.2. The van der Waals surface area contributed by atoms with E-state index in [4.69, 9.17) is 16.3 Å². The standard InChI is InChI=1S/C24H20ClF2NO4S/c1-24(2)14-28(33(30,31)17-9-7-16(26)8-10-17)20-12-15(6-11-22(20)32-24)13-21(29)23-18(25)4-3-5-19(23)27/h3-12H,13-14H2,1-2H3. The van der Waals surface area contributed by atoms with Crippen LogP contribution in [0.4, 0.5) is 14.5 Å². The number of nitrogens with zero attached hydrogens (tertiary/aromatic N) is 1. The number of carbonyl (C=O) groups excluding carboxylic acids is 1. The minimum atomic E-state index is -4.05. The van der Waals surface area contributed by atoms with Gasteiger partial charge >= 0.3 is 0 Å². The fourth-order valence-corrected chi connectivity index (χ4v) is 5.59. The van der Waals surface area contributed by atoms with Crippen molar-refractivity contribution in [1.82, 2.24) is 0 Å². The fraction of sp³-hybridized carbons (Fsp3) is 0.208. The minimum Gasteiger partial charge on any atom is -0.484 e. The van der Waals surface area contributed by atoms with Crippen molar-refractivity contribution in [2.45, 2.75) is 30.8 Å². The summed E-state index contributed by atoms with van der Waals surface area (Å²) in [7, 11) is -4.05. The molecule has 0 N–H and O–H groups in total. The molecule has 0 unspecified atom stereocenters. The van der Waals surface area contributed by atoms with E-state index < -0.39 is 33.0 Å². The number of halogens is 3. The fourth-order valence-electron chi connectivity index (χ4n) is 3.70. The van der Waals surface area contributed by atoms with E-state index in [1.165, 1.54) is 34.6 Å². The normalized spacial score (nSPS) is 15.0. The van der Waals surface area contributed by atoms with Crippen molar-refractivity contribution >= 4 is 33.1 Å². The molecule has 0 fully saturated rings. The van der Waals surface area contributed by atoms with Crippen molar-refractivity contribution < 1.29 is 26.7 Å². The lowest BCUT2D eigenvalue weighted by Gasteiger charge is -2.40. The van der Waals surface area contributed by atoms with E-state index in [2.05, 4.69) is 0 Å². The van der Waals surface area contributed by atoms with Gasteiger partial charge in [0.15, 0.2) is 5.78 Å². The van der Waals surface area contributed by atoms with Crippen molar-refractivity contribution in [3.05, 3.63) is 88.4 Å². The second-order valence-electron chi connectivity index (χ2n) is 8.33. The van der Waals surface area contributed by atoms with E-state index in [0.29, 0.717) is 11.3 Å². The molecule has 0 atom stereocenters. The zero-order valence-corrected chi connectivity index (χ0v) is 19.4. The summed E-state index contributed by atoms with van der Waals surface area (Å²) in [4.78, 5) is 12.7. The van der Waals surface area contributed by atoms with Crippen molar-refractivity contribution in [2.75, 3.05) is 10.8 Å². The van der Waals surface area contributed by atoms with Gasteiger partial charge in [0.1, 0.15) is 23.0 Å². The largest absolute Gasteiger partial charge is 0.484 e. The van der Waals surface area contributed by atoms with Gasteiger partial charge in [-0.05, 0) is 67.9 Å². The highest BCUT2D eigenvalue weighted by Crippen LogP contribution is 2.41. The van der Waals surface area contributed by atoms with Crippen LogP contribution in [0.3, 0.4) is 0 Å². The first kappa shape index (κ1) is 23.2. The van der Waals surface area contributed by atoms with Crippen LogP contribution in [0.2, 0.25) is 5.02 Å². The Bertz CT molecular complexity index is 1320. The number of ketones is 1. The van der Waals surface area contributed by atoms with Crippen LogP contribution in [0.5, 0.6) is 5.75 Å². The van der Waals surface area contributed by atoms with Crippen molar-refractivity contribution in [3.8, 4) is 5.75 Å². The van der Waals surface area contributed by atoms with Gasteiger partial charge in [-0.15, -0.1) is 0 Å². The van der Waals surface area contributed by atoms with Crippen molar-refractivity contribution in [1.29, 1.82) is 0 Å². The highest BCUT2D eigenvalue weighted by atomic mass is 35.5. The summed E-state index contributed by atoms with van der Waals surface area (Å²) in [5.41, 5.74) is -0.354. The predicted octanol–water partition coefficient (Wildman–Crippen LogP) is 5.41. The second kappa shape index (κ2) is 8.43. The van der Waals surface area contributed by atoms with Crippen LogP contribution in [0.1, 0.15) is 29.8 Å². The Hall–Kier alpha value is -2.97. The molecule has 1 aliphatic heterocycles. The molecule has 9 heteroatoms. The number of benzene rings is 3. The van der Waals surface area contributed by atoms with Gasteiger partial charge in [0.05, 0.1) is 27.7 Å². The number of rotatable bonds is 5. The number of ether oxygens (including phenoxy) is 1. The molecule has 0 saturated heterocycles. The Morgan fingerprint density at radius 1 is 1.09 bits per heavy atom. The molecule has 3 aromatic carbocycles. The van der Waals surface area contributed by atoms with E-state index in [0.717, 1.165) is 18.2 Å². The third-order valence-corrected chi connectivity index (χ3v) is 7.30. The van der Waals surface area contributed by atoms with E-state index >= 15 is 0 Å². The topological polar surface area (TPSA) is 63.7 Å². The van der Waals surface area contributed by atoms with Crippen LogP contribution >= 0.6 is 11.6 Å². The molecule has 0 bridgehead atoms. The number of sulfonamides is 1. The van der Waals surface area contributed by atoms with Crippen molar-refractivity contribution in [2.24, 2.45) is 0 Å². The van der Waals surface area contributed by atoms with Crippen LogP contribution < -0.4 is 9.04 Å². The average molecular weight is 492 g/mol. The van der Waals surface area contributed by atoms with Crippen LogP contribution in [0.15, 0.2) is 65.6 Å². The highest BCUT2D eigenvalue weighted by molar-refractivity contribution is 7.92. The summed E-state index contributed by atoms with van der Waals surface area (Å²) in [6.45, 7) is 3.50. The Labute approximate surface area is 195 Å². The highest BCUT2D eigenvalue weighted by Gasteiger charge is 2.38. The van der Waals surface area contributed by atoms with Gasteiger partial charge < -0.3 is 4.74 Å². The molecule has 1 aliphatic rings. The first-order valence-corrected chi connectivity index (χ1v) is 11.9. The number of hydrogen-bond donors (Lipinski definition) is 0. The number of fused-ring (bicyclic) bond motifs is 1. The molecule has 0 saturated carbocycles. The summed E-state index contributed by atoms with van der Waals surface area (Å²) < 4.78 is 61.5. The molecular weight excluding hydrogens is 472 g/mol. The van der Waals surface area contributed by atoms with Crippen molar-refractivity contribution in [3.63, 3.8) is 0 Å². The Kier molecular flexibility index (Phi) is 5.92. The summed E-state index contributed by atoms with van der Waals surface area (Å²) in [6, 6.07) is 13.3. The molecule has 0 radical (unpaired) electrons. The summed E-state index contributed by atoms with van der Waals surface area (Å²) >= 11 is 6.00. The number of Topliss-reactive ketones (excluding diaryl/α,β-unsaturated/α-hetero) is 1. The van der Waals surface area contributed by atoms with Gasteiger partial charge in [0.2, 0.25) is 0 Å². The smallest absolute Gasteiger partial charge is 0.264 e. The van der Waals surface area contributed by atoms with Gasteiger partial charge in [-0.2, -0.15) is 0 Å². The Morgan fingerprint density at radius 2 is 1.79 bits per heavy atom. The zero-order chi connectivity index (χ0) is 24.0. The van der Waals surface area contributed by atoms with Gasteiger partial charge in [-0.25, -0.2) is 17.2 Å². The van der Waals surface area contributed by atoms with Gasteiger partial charge in [0, 0.05) is 6.42 Å². The first-order valence-electron chi connectivity index (χ1n) is 10.1. The first-order chi connectivity index (χ1) is 15.5. The van der Waals surface area contributed by atoms with Gasteiger partial charge in [-0.3, -0.25) is 9.10 Å². The Balaban J connectivity index is 1.74. The summed E-state index contributed by atoms with van der Waals surface area (Å²) in [5, 5.41) is 0.00329. The third-order valence-electron chi connectivity index (χ3n) is 5.21. The lowest BCUT2D eigenvalue weighted by Crippen LogP contribution is -2.49. The molecule has 0 amide bonds. The summed E-state index contributed by atoms with van der Waals surface area (Å²) in [6.07, 6.45) is -0.193. The zero-order valence-electron chi connectivity index (χ0n) is 17.8. The molecule has 172 valence electrons. The molecule has 1 heterocycles. The van der Waals surface area contributed by atoms with E-state index in [9.17, 15) is 22.0 Å². The van der Waals surface area contributed by atoms with Gasteiger partial charge in [0.25, 0.3) is 10.0 Å². The maximum absolute atomic E-state index is 14.2. The van der Waals surface area contributed by atoms with Gasteiger partial charge in [-0.1, -0.05) is 23.7 Å². The lowest BCUT2D eigenvalue weighted by molar-refractivity contribution is 0.0988. The molecule has 33 heavy (non-hydrogen) atoms. The summed E-state index contributed by atoms with van der Waals surface area (Å²) in [5.74, 6) is -1.50. The van der Waals surface area contributed by atoms with Crippen LogP contribution in [0, 0.1) is 11.6 Å². The van der Waals surface area contributed by atoms with Crippen LogP contribution in [-0.2, 0) is 16.4 Å². The second-order valence-corrected chi connectivity index (χ2v) is 10.6. The molecule has 4 rings (SSSR count). The number of hydrogen-bond acceptors (Lipinski definition) is 4. The number of anilines is 1. The van der Waals surface area contributed by atoms with Crippen LogP contribution in [-0.4, -0.2) is 26.3 Å². The maximum Gasteiger partial charge on any atom is 0.264 e. The lowest BCUT2D eigenvalue weighted by atomic mass is 10.0. The SMILES string of the molecule is CC1(C)CN(S(=O)(=O)c2ccc(F)cc2)c2cc(CC(=O)c3c(F)cccc3Cl)ccc2O1. The monoisotopic (exact) mass is 491 g/mol. The van der Waals surface area contributed by atoms with Crippen LogP contribution in [0.25, 0.3) is 0 Å². The molecule has 0 aromatic heterocycles. The quantitative estimate of drug-likeness (QED) is 0.448. The minimum absolute atomic E-state index is 0.00329. The molecule has 5 nitrogen and oxygen atoms in total. The number of carbonyl (C=O) groups is 1. The van der Waals surface area contributed by atoms with E-state index in [1.54, 1.807) is 26.0 Å². The van der Waals surface area contributed by atoms with E-state index in [-0.39, 0.29) is 34.1 Å². The predicted molar refractivity (Wildman–Crippen MR) is 122 cm³/mol. The molecule has 0 spiro atoms. The average Bonchev–Trinajstić information content (AvgIpc) is 2.73. The molecule has 0 aliphatic carbocycles. The molecule has 3 aromatic rings.